The molecule has 0 radical (unpaired) electrons. The minimum atomic E-state index is -4.17. The summed E-state index contributed by atoms with van der Waals surface area (Å²) in [7, 11) is -4.17. The lowest BCUT2D eigenvalue weighted by molar-refractivity contribution is -0.120. The maximum Gasteiger partial charge on any atom is 0.246 e. The fourth-order valence-corrected chi connectivity index (χ4v) is 4.86. The lowest BCUT2D eigenvalue weighted by Crippen LogP contribution is -2.41. The quantitative estimate of drug-likeness (QED) is 0.714. The van der Waals surface area contributed by atoms with Crippen molar-refractivity contribution >= 4 is 21.6 Å². The van der Waals surface area contributed by atoms with E-state index in [4.69, 9.17) is 4.74 Å². The monoisotopic (exact) mass is 438 g/mol. The highest BCUT2D eigenvalue weighted by molar-refractivity contribution is 7.89. The third kappa shape index (κ3) is 4.96. The van der Waals surface area contributed by atoms with Gasteiger partial charge in [0.1, 0.15) is 22.3 Å². The van der Waals surface area contributed by atoms with Crippen LogP contribution >= 0.6 is 0 Å². The number of ether oxygens (including phenoxy) is 1. The number of benzene rings is 2. The van der Waals surface area contributed by atoms with Crippen LogP contribution in [0.2, 0.25) is 0 Å². The smallest absolute Gasteiger partial charge is 0.246 e. The topological polar surface area (TPSA) is 75.7 Å². The van der Waals surface area contributed by atoms with Gasteiger partial charge in [-0.3, -0.25) is 4.79 Å². The van der Waals surface area contributed by atoms with Gasteiger partial charge in [-0.2, -0.15) is 4.31 Å². The van der Waals surface area contributed by atoms with Crippen LogP contribution < -0.4 is 10.1 Å². The number of hydrogen-bond donors (Lipinski definition) is 1. The molecule has 2 aromatic rings. The molecule has 0 saturated carbocycles. The van der Waals surface area contributed by atoms with Gasteiger partial charge in [-0.25, -0.2) is 17.2 Å². The fourth-order valence-electron chi connectivity index (χ4n) is 3.31. The Morgan fingerprint density at radius 3 is 2.57 bits per heavy atom. The van der Waals surface area contributed by atoms with Crippen LogP contribution in [0.1, 0.15) is 26.2 Å². The molecule has 2 aromatic carbocycles. The number of sulfonamides is 1. The van der Waals surface area contributed by atoms with Crippen molar-refractivity contribution in [1.82, 2.24) is 4.31 Å². The zero-order valence-electron chi connectivity index (χ0n) is 16.6. The highest BCUT2D eigenvalue weighted by atomic mass is 32.2. The van der Waals surface area contributed by atoms with Crippen molar-refractivity contribution < 1.29 is 26.7 Å². The van der Waals surface area contributed by atoms with Crippen LogP contribution in [0.3, 0.4) is 0 Å². The maximum atomic E-state index is 13.9. The first-order chi connectivity index (χ1) is 14.3. The normalized spacial score (nSPS) is 15.7. The fraction of sp³-hybridized carbons (Fsp3) is 0.381. The zero-order chi connectivity index (χ0) is 21.7. The highest BCUT2D eigenvalue weighted by Crippen LogP contribution is 2.29. The van der Waals surface area contributed by atoms with Crippen molar-refractivity contribution in [3.63, 3.8) is 0 Å². The standard InChI is InChI=1S/C21H24F2N2O4S/c1-2-13-29-19-6-4-3-5-18(19)24-21(26)15-9-11-25(12-10-15)30(27,28)20-14-16(22)7-8-17(20)23/h3-8,14-15H,2,9-13H2,1H3,(H,24,26). The Morgan fingerprint density at radius 2 is 1.87 bits per heavy atom. The summed E-state index contributed by atoms with van der Waals surface area (Å²) in [5, 5.41) is 2.85. The molecule has 6 nitrogen and oxygen atoms in total. The first-order valence-electron chi connectivity index (χ1n) is 9.81. The van der Waals surface area contributed by atoms with E-state index in [1.165, 1.54) is 0 Å². The molecule has 30 heavy (non-hydrogen) atoms. The van der Waals surface area contributed by atoms with Gasteiger partial charge in [-0.1, -0.05) is 19.1 Å². The van der Waals surface area contributed by atoms with Crippen LogP contribution in [-0.4, -0.2) is 38.3 Å². The van der Waals surface area contributed by atoms with E-state index in [1.807, 2.05) is 13.0 Å². The van der Waals surface area contributed by atoms with Crippen LogP contribution in [0.25, 0.3) is 0 Å². The maximum absolute atomic E-state index is 13.9. The average molecular weight is 438 g/mol. The van der Waals surface area contributed by atoms with Gasteiger partial charge in [-0.05, 0) is 49.6 Å². The summed E-state index contributed by atoms with van der Waals surface area (Å²) >= 11 is 0. The Kier molecular flexibility index (Phi) is 7.04. The molecular weight excluding hydrogens is 414 g/mol. The van der Waals surface area contributed by atoms with Crippen LogP contribution in [0, 0.1) is 17.6 Å². The van der Waals surface area contributed by atoms with E-state index in [2.05, 4.69) is 5.32 Å². The van der Waals surface area contributed by atoms with Gasteiger partial charge < -0.3 is 10.1 Å². The number of nitrogens with one attached hydrogen (secondary N) is 1. The number of para-hydroxylation sites is 2. The minimum Gasteiger partial charge on any atom is -0.491 e. The van der Waals surface area contributed by atoms with Gasteiger partial charge in [0.15, 0.2) is 0 Å². The number of piperidine rings is 1. The van der Waals surface area contributed by atoms with E-state index < -0.39 is 32.5 Å². The van der Waals surface area contributed by atoms with Gasteiger partial charge >= 0.3 is 0 Å². The van der Waals surface area contributed by atoms with Gasteiger partial charge in [0.2, 0.25) is 15.9 Å². The van der Waals surface area contributed by atoms with Crippen molar-refractivity contribution in [2.24, 2.45) is 5.92 Å². The summed E-state index contributed by atoms with van der Waals surface area (Å²) in [5.74, 6) is -1.87. The van der Waals surface area contributed by atoms with E-state index in [9.17, 15) is 22.0 Å². The minimum absolute atomic E-state index is 0.0460. The van der Waals surface area contributed by atoms with E-state index in [0.717, 1.165) is 22.9 Å². The Hall–Kier alpha value is -2.52. The van der Waals surface area contributed by atoms with Crippen LogP contribution in [-0.2, 0) is 14.8 Å². The second-order valence-electron chi connectivity index (χ2n) is 7.09. The molecule has 1 aliphatic rings. The molecule has 0 aliphatic carbocycles. The largest absolute Gasteiger partial charge is 0.491 e. The molecule has 0 unspecified atom stereocenters. The number of halogens is 2. The van der Waals surface area contributed by atoms with Crippen molar-refractivity contribution in [3.05, 3.63) is 54.1 Å². The molecule has 0 aromatic heterocycles. The summed E-state index contributed by atoms with van der Waals surface area (Å²) in [6.07, 6.45) is 1.39. The second-order valence-corrected chi connectivity index (χ2v) is 8.99. The van der Waals surface area contributed by atoms with Crippen LogP contribution in [0.4, 0.5) is 14.5 Å². The van der Waals surface area contributed by atoms with E-state index >= 15 is 0 Å². The van der Waals surface area contributed by atoms with Gasteiger partial charge in [0, 0.05) is 19.0 Å². The van der Waals surface area contributed by atoms with E-state index in [1.54, 1.807) is 18.2 Å². The van der Waals surface area contributed by atoms with E-state index in [-0.39, 0.29) is 31.8 Å². The molecule has 3 rings (SSSR count). The first-order valence-corrected chi connectivity index (χ1v) is 11.2. The lowest BCUT2D eigenvalue weighted by Gasteiger charge is -2.30. The Morgan fingerprint density at radius 1 is 1.17 bits per heavy atom. The third-order valence-corrected chi connectivity index (χ3v) is 6.86. The first kappa shape index (κ1) is 22.2. The Balaban J connectivity index is 1.64. The molecule has 0 bridgehead atoms. The molecule has 1 fully saturated rings. The van der Waals surface area contributed by atoms with E-state index in [0.29, 0.717) is 24.1 Å². The number of amides is 1. The summed E-state index contributed by atoms with van der Waals surface area (Å²) in [5.41, 5.74) is 0.563. The number of rotatable bonds is 7. The predicted octanol–water partition coefficient (Wildman–Crippen LogP) is 3.79. The van der Waals surface area contributed by atoms with Crippen molar-refractivity contribution in [2.75, 3.05) is 25.0 Å². The molecule has 1 aliphatic heterocycles. The van der Waals surface area contributed by atoms with Crippen molar-refractivity contribution in [2.45, 2.75) is 31.1 Å². The summed E-state index contributed by atoms with van der Waals surface area (Å²) in [4.78, 5) is 12.0. The summed E-state index contributed by atoms with van der Waals surface area (Å²) in [6.45, 7) is 2.60. The summed E-state index contributed by atoms with van der Waals surface area (Å²) in [6, 6.07) is 9.46. The van der Waals surface area contributed by atoms with Gasteiger partial charge in [0.25, 0.3) is 0 Å². The molecule has 0 atom stereocenters. The molecule has 1 N–H and O–H groups in total. The SMILES string of the molecule is CCCOc1ccccc1NC(=O)C1CCN(S(=O)(=O)c2cc(F)ccc2F)CC1. The molecule has 0 spiro atoms. The number of nitrogens with zero attached hydrogens (tertiary/aromatic N) is 1. The Bertz CT molecular complexity index is 1010. The molecule has 1 saturated heterocycles. The van der Waals surface area contributed by atoms with Gasteiger partial charge in [0.05, 0.1) is 12.3 Å². The number of carbonyl (C=O) groups excluding carboxylic acids is 1. The number of carbonyl (C=O) groups is 1. The molecule has 1 amide bonds. The predicted molar refractivity (Wildman–Crippen MR) is 109 cm³/mol. The van der Waals surface area contributed by atoms with Crippen molar-refractivity contribution in [1.29, 1.82) is 0 Å². The zero-order valence-corrected chi connectivity index (χ0v) is 17.4. The Labute approximate surface area is 174 Å². The second kappa shape index (κ2) is 9.53. The van der Waals surface area contributed by atoms with Crippen molar-refractivity contribution in [3.8, 4) is 5.75 Å². The summed E-state index contributed by atoms with van der Waals surface area (Å²) < 4.78 is 59.4. The number of anilines is 1. The molecule has 9 heteroatoms. The third-order valence-electron chi connectivity index (χ3n) is 4.94. The molecule has 1 heterocycles. The molecule has 162 valence electrons. The lowest BCUT2D eigenvalue weighted by atomic mass is 9.97. The van der Waals surface area contributed by atoms with Crippen LogP contribution in [0.5, 0.6) is 5.75 Å². The van der Waals surface area contributed by atoms with Crippen LogP contribution in [0.15, 0.2) is 47.4 Å². The number of hydrogen-bond acceptors (Lipinski definition) is 4. The average Bonchev–Trinajstić information content (AvgIpc) is 2.74. The van der Waals surface area contributed by atoms with Gasteiger partial charge in [-0.15, -0.1) is 0 Å². The molecular formula is C21H24F2N2O4S. The highest BCUT2D eigenvalue weighted by Gasteiger charge is 2.34.